The Morgan fingerprint density at radius 3 is 2.96 bits per heavy atom. The van der Waals surface area contributed by atoms with Crippen molar-refractivity contribution < 1.29 is 18.7 Å². The highest BCUT2D eigenvalue weighted by atomic mass is 32.2. The van der Waals surface area contributed by atoms with Crippen LogP contribution in [0.1, 0.15) is 12.2 Å². The molecule has 1 amide bonds. The molecular weight excluding hydrogens is 336 g/mol. The molecule has 1 aromatic rings. The molecular formula is C15H18N2O4S2. The molecule has 23 heavy (non-hydrogen) atoms. The molecule has 0 spiro atoms. The summed E-state index contributed by atoms with van der Waals surface area (Å²) in [5.74, 6) is 0.0435. The van der Waals surface area contributed by atoms with Crippen LogP contribution in [0.15, 0.2) is 27.7 Å². The second-order valence-corrected chi connectivity index (χ2v) is 6.80. The highest BCUT2D eigenvalue weighted by Gasteiger charge is 2.32. The third kappa shape index (κ3) is 5.19. The summed E-state index contributed by atoms with van der Waals surface area (Å²) in [6.07, 6.45) is 3.30. The van der Waals surface area contributed by atoms with Crippen molar-refractivity contribution in [2.24, 2.45) is 0 Å². The minimum Gasteiger partial charge on any atom is -0.465 e. The summed E-state index contributed by atoms with van der Waals surface area (Å²) < 4.78 is 10.7. The lowest BCUT2D eigenvalue weighted by Gasteiger charge is -2.14. The van der Waals surface area contributed by atoms with Gasteiger partial charge < -0.3 is 14.1 Å². The number of nitrogens with zero attached hydrogens (tertiary/aromatic N) is 2. The van der Waals surface area contributed by atoms with Crippen LogP contribution in [0.5, 0.6) is 0 Å². The van der Waals surface area contributed by atoms with Crippen molar-refractivity contribution in [1.29, 1.82) is 0 Å². The van der Waals surface area contributed by atoms with Crippen LogP contribution in [-0.4, -0.2) is 59.8 Å². The van der Waals surface area contributed by atoms with Gasteiger partial charge in [0.15, 0.2) is 0 Å². The van der Waals surface area contributed by atoms with E-state index < -0.39 is 0 Å². The highest BCUT2D eigenvalue weighted by Crippen LogP contribution is 2.32. The fourth-order valence-corrected chi connectivity index (χ4v) is 3.10. The van der Waals surface area contributed by atoms with E-state index in [1.165, 1.54) is 22.9 Å². The number of thiocarbonyl (C=S) groups is 1. The molecule has 1 aliphatic heterocycles. The molecule has 0 radical (unpaired) electrons. The normalized spacial score (nSPS) is 16.7. The van der Waals surface area contributed by atoms with Crippen LogP contribution < -0.4 is 0 Å². The van der Waals surface area contributed by atoms with E-state index in [1.54, 1.807) is 18.2 Å². The maximum absolute atomic E-state index is 12.3. The summed E-state index contributed by atoms with van der Waals surface area (Å²) in [4.78, 5) is 27.8. The Morgan fingerprint density at radius 1 is 1.52 bits per heavy atom. The summed E-state index contributed by atoms with van der Waals surface area (Å²) in [7, 11) is 3.80. The first-order valence-electron chi connectivity index (χ1n) is 7.06. The second-order valence-electron chi connectivity index (χ2n) is 5.12. The number of hydrogen-bond donors (Lipinski definition) is 0. The van der Waals surface area contributed by atoms with Gasteiger partial charge in [0, 0.05) is 19.2 Å². The van der Waals surface area contributed by atoms with Crippen molar-refractivity contribution in [3.8, 4) is 0 Å². The molecule has 8 heteroatoms. The average Bonchev–Trinajstić information content (AvgIpc) is 3.07. The molecule has 0 saturated carbocycles. The minimum atomic E-state index is -0.337. The van der Waals surface area contributed by atoms with Crippen LogP contribution in [0.25, 0.3) is 6.08 Å². The number of esters is 1. The van der Waals surface area contributed by atoms with Gasteiger partial charge in [-0.1, -0.05) is 24.0 Å². The number of rotatable bonds is 7. The Morgan fingerprint density at radius 2 is 2.30 bits per heavy atom. The molecule has 1 aliphatic rings. The summed E-state index contributed by atoms with van der Waals surface area (Å²) in [5.41, 5.74) is 0. The SMILES string of the molecule is CN(C)CCOC(=O)CCN1C(=O)/C(=C\c2ccco2)SC1=S. The van der Waals surface area contributed by atoms with Crippen molar-refractivity contribution in [3.63, 3.8) is 0 Å². The zero-order chi connectivity index (χ0) is 16.8. The highest BCUT2D eigenvalue weighted by molar-refractivity contribution is 8.26. The third-order valence-corrected chi connectivity index (χ3v) is 4.41. The van der Waals surface area contributed by atoms with E-state index >= 15 is 0 Å². The molecule has 0 atom stereocenters. The number of carbonyl (C=O) groups excluding carboxylic acids is 2. The first kappa shape index (κ1) is 17.7. The zero-order valence-corrected chi connectivity index (χ0v) is 14.6. The Kier molecular flexibility index (Phi) is 6.37. The number of carbonyl (C=O) groups is 2. The lowest BCUT2D eigenvalue weighted by atomic mass is 10.3. The fourth-order valence-electron chi connectivity index (χ4n) is 1.81. The Hall–Kier alpha value is -1.64. The molecule has 1 saturated heterocycles. The molecule has 2 heterocycles. The standard InChI is InChI=1S/C15H18N2O4S2/c1-16(2)7-9-21-13(18)5-6-17-14(19)12(23-15(17)22)10-11-4-3-8-20-11/h3-4,8,10H,5-7,9H2,1-2H3/b12-10+. The van der Waals surface area contributed by atoms with Gasteiger partial charge in [0.05, 0.1) is 17.6 Å². The number of ether oxygens (including phenoxy) is 1. The van der Waals surface area contributed by atoms with Gasteiger partial charge >= 0.3 is 5.97 Å². The first-order valence-corrected chi connectivity index (χ1v) is 8.29. The van der Waals surface area contributed by atoms with Crippen LogP contribution in [0.4, 0.5) is 0 Å². The Bertz CT molecular complexity index is 611. The molecule has 1 fully saturated rings. The largest absolute Gasteiger partial charge is 0.465 e. The summed E-state index contributed by atoms with van der Waals surface area (Å²) in [6.45, 7) is 1.22. The van der Waals surface area contributed by atoms with Gasteiger partial charge in [0.1, 0.15) is 16.7 Å². The summed E-state index contributed by atoms with van der Waals surface area (Å²) >= 11 is 6.41. The van der Waals surface area contributed by atoms with Crippen LogP contribution in [0.2, 0.25) is 0 Å². The van der Waals surface area contributed by atoms with E-state index in [4.69, 9.17) is 21.4 Å². The third-order valence-electron chi connectivity index (χ3n) is 3.03. The second kappa shape index (κ2) is 8.28. The monoisotopic (exact) mass is 354 g/mol. The van der Waals surface area contributed by atoms with Gasteiger partial charge in [-0.3, -0.25) is 14.5 Å². The quantitative estimate of drug-likeness (QED) is 0.421. The van der Waals surface area contributed by atoms with E-state index in [0.29, 0.717) is 28.1 Å². The molecule has 0 bridgehead atoms. The van der Waals surface area contributed by atoms with Gasteiger partial charge in [-0.15, -0.1) is 0 Å². The predicted molar refractivity (Wildman–Crippen MR) is 92.7 cm³/mol. The Balaban J connectivity index is 1.85. The number of amides is 1. The van der Waals surface area contributed by atoms with Gasteiger partial charge in [0.2, 0.25) is 0 Å². The molecule has 124 valence electrons. The molecule has 0 aliphatic carbocycles. The van der Waals surface area contributed by atoms with Gasteiger partial charge in [0.25, 0.3) is 5.91 Å². The average molecular weight is 354 g/mol. The minimum absolute atomic E-state index is 0.119. The molecule has 0 aromatic carbocycles. The maximum Gasteiger partial charge on any atom is 0.307 e. The van der Waals surface area contributed by atoms with E-state index in [2.05, 4.69) is 0 Å². The summed E-state index contributed by atoms with van der Waals surface area (Å²) in [6, 6.07) is 3.50. The van der Waals surface area contributed by atoms with Gasteiger partial charge in [-0.25, -0.2) is 0 Å². The van der Waals surface area contributed by atoms with Crippen LogP contribution >= 0.6 is 24.0 Å². The van der Waals surface area contributed by atoms with E-state index in [1.807, 2.05) is 19.0 Å². The van der Waals surface area contributed by atoms with Crippen LogP contribution in [0, 0.1) is 0 Å². The van der Waals surface area contributed by atoms with E-state index in [-0.39, 0.29) is 24.8 Å². The van der Waals surface area contributed by atoms with E-state index in [0.717, 1.165) is 0 Å². The molecule has 0 N–H and O–H groups in total. The van der Waals surface area contributed by atoms with Gasteiger partial charge in [-0.2, -0.15) is 0 Å². The Labute approximate surface area is 144 Å². The first-order chi connectivity index (χ1) is 11.0. The van der Waals surface area contributed by atoms with Crippen LogP contribution in [0.3, 0.4) is 0 Å². The van der Waals surface area contributed by atoms with E-state index in [9.17, 15) is 9.59 Å². The number of likely N-dealkylation sites (N-methyl/N-ethyl adjacent to an activating group) is 1. The lowest BCUT2D eigenvalue weighted by Crippen LogP contribution is -2.31. The zero-order valence-electron chi connectivity index (χ0n) is 13.0. The maximum atomic E-state index is 12.3. The van der Waals surface area contributed by atoms with Crippen molar-refractivity contribution in [3.05, 3.63) is 29.1 Å². The molecule has 2 rings (SSSR count). The van der Waals surface area contributed by atoms with Crippen molar-refractivity contribution >= 4 is 46.3 Å². The van der Waals surface area contributed by atoms with Crippen LogP contribution in [-0.2, 0) is 14.3 Å². The molecule has 0 unspecified atom stereocenters. The summed E-state index contributed by atoms with van der Waals surface area (Å²) in [5, 5.41) is 0. The van der Waals surface area contributed by atoms with Crippen molar-refractivity contribution in [2.75, 3.05) is 33.8 Å². The predicted octanol–water partition coefficient (Wildman–Crippen LogP) is 1.98. The van der Waals surface area contributed by atoms with Crippen molar-refractivity contribution in [2.45, 2.75) is 6.42 Å². The smallest absolute Gasteiger partial charge is 0.307 e. The fraction of sp³-hybridized carbons (Fsp3) is 0.400. The number of thioether (sulfide) groups is 1. The number of furan rings is 1. The molecule has 6 nitrogen and oxygen atoms in total. The van der Waals surface area contributed by atoms with Gasteiger partial charge in [-0.05, 0) is 26.2 Å². The molecule has 1 aromatic heterocycles. The van der Waals surface area contributed by atoms with Crippen molar-refractivity contribution in [1.82, 2.24) is 9.80 Å². The number of hydrogen-bond acceptors (Lipinski definition) is 7. The topological polar surface area (TPSA) is 63.0 Å². The lowest BCUT2D eigenvalue weighted by molar-refractivity contribution is -0.144.